The summed E-state index contributed by atoms with van der Waals surface area (Å²) >= 11 is 0. The van der Waals surface area contributed by atoms with E-state index in [1.54, 1.807) is 0 Å². The lowest BCUT2D eigenvalue weighted by atomic mass is 9.99. The molecule has 19 heavy (non-hydrogen) atoms. The molecule has 110 valence electrons. The van der Waals surface area contributed by atoms with Crippen LogP contribution < -0.4 is 10.6 Å². The first-order chi connectivity index (χ1) is 9.09. The monoisotopic (exact) mass is 289 g/mol. The van der Waals surface area contributed by atoms with E-state index in [-0.39, 0.29) is 24.1 Å². The number of nitrogens with one attached hydrogen (secondary N) is 2. The van der Waals surface area contributed by atoms with Gasteiger partial charge in [-0.15, -0.1) is 0 Å². The molecule has 0 spiro atoms. The lowest BCUT2D eigenvalue weighted by Crippen LogP contribution is -2.42. The molecule has 0 unspecified atom stereocenters. The zero-order valence-corrected chi connectivity index (χ0v) is 12.0. The molecule has 2 fully saturated rings. The fourth-order valence-corrected chi connectivity index (χ4v) is 4.05. The minimum Gasteiger partial charge on any atom is -0.355 e. The quantitative estimate of drug-likeness (QED) is 0.717. The van der Waals surface area contributed by atoms with Gasteiger partial charge in [-0.2, -0.15) is 0 Å². The summed E-state index contributed by atoms with van der Waals surface area (Å²) in [4.78, 5) is 11.8. The number of rotatable bonds is 5. The third-order valence-electron chi connectivity index (χ3n) is 3.79. The SMILES string of the molecule is O=C(NCCS(=O)(=O)N1CCCC1)[C@H]1CCCNC1. The molecular weight excluding hydrogens is 266 g/mol. The Morgan fingerprint density at radius 3 is 2.63 bits per heavy atom. The fraction of sp³-hybridized carbons (Fsp3) is 0.917. The van der Waals surface area contributed by atoms with Crippen LogP contribution in [0, 0.1) is 5.92 Å². The zero-order chi connectivity index (χ0) is 13.7. The van der Waals surface area contributed by atoms with Crippen molar-refractivity contribution in [2.75, 3.05) is 38.5 Å². The zero-order valence-electron chi connectivity index (χ0n) is 11.2. The summed E-state index contributed by atoms with van der Waals surface area (Å²) in [7, 11) is -3.18. The van der Waals surface area contributed by atoms with Crippen molar-refractivity contribution in [3.05, 3.63) is 0 Å². The van der Waals surface area contributed by atoms with E-state index in [0.29, 0.717) is 19.6 Å². The first kappa shape index (κ1) is 14.7. The molecule has 1 amide bonds. The van der Waals surface area contributed by atoms with Gasteiger partial charge in [0.1, 0.15) is 0 Å². The summed E-state index contributed by atoms with van der Waals surface area (Å²) in [6, 6.07) is 0. The van der Waals surface area contributed by atoms with E-state index in [1.165, 1.54) is 4.31 Å². The molecule has 2 N–H and O–H groups in total. The van der Waals surface area contributed by atoms with Gasteiger partial charge >= 0.3 is 0 Å². The maximum Gasteiger partial charge on any atom is 0.224 e. The average molecular weight is 289 g/mol. The normalized spacial score (nSPS) is 25.4. The molecule has 2 saturated heterocycles. The van der Waals surface area contributed by atoms with Crippen molar-refractivity contribution < 1.29 is 13.2 Å². The number of hydrogen-bond donors (Lipinski definition) is 2. The summed E-state index contributed by atoms with van der Waals surface area (Å²) in [5.41, 5.74) is 0. The molecule has 6 nitrogen and oxygen atoms in total. The van der Waals surface area contributed by atoms with E-state index < -0.39 is 10.0 Å². The Morgan fingerprint density at radius 1 is 1.26 bits per heavy atom. The number of piperidine rings is 1. The van der Waals surface area contributed by atoms with Crippen molar-refractivity contribution in [2.45, 2.75) is 25.7 Å². The topological polar surface area (TPSA) is 78.5 Å². The molecule has 7 heteroatoms. The molecule has 0 aromatic heterocycles. The highest BCUT2D eigenvalue weighted by atomic mass is 32.2. The van der Waals surface area contributed by atoms with E-state index in [0.717, 1.165) is 32.2 Å². The smallest absolute Gasteiger partial charge is 0.224 e. The second-order valence-electron chi connectivity index (χ2n) is 5.26. The van der Waals surface area contributed by atoms with Crippen LogP contribution in [0.1, 0.15) is 25.7 Å². The maximum atomic E-state index is 12.0. The highest BCUT2D eigenvalue weighted by Gasteiger charge is 2.26. The molecule has 0 radical (unpaired) electrons. The lowest BCUT2D eigenvalue weighted by Gasteiger charge is -2.22. The first-order valence-corrected chi connectivity index (χ1v) is 8.67. The molecule has 2 heterocycles. The minimum absolute atomic E-state index is 0.0109. The molecular formula is C12H23N3O3S. The van der Waals surface area contributed by atoms with Crippen LogP contribution >= 0.6 is 0 Å². The second-order valence-corrected chi connectivity index (χ2v) is 7.34. The summed E-state index contributed by atoms with van der Waals surface area (Å²) in [6.45, 7) is 3.14. The van der Waals surface area contributed by atoms with E-state index in [1.807, 2.05) is 0 Å². The molecule has 0 aromatic carbocycles. The van der Waals surface area contributed by atoms with Crippen LogP contribution in [0.3, 0.4) is 0 Å². The van der Waals surface area contributed by atoms with Crippen LogP contribution in [-0.2, 0) is 14.8 Å². The molecule has 1 atom stereocenters. The number of sulfonamides is 1. The van der Waals surface area contributed by atoms with Crippen LogP contribution in [0.4, 0.5) is 0 Å². The molecule has 2 aliphatic heterocycles. The Labute approximate surface area is 115 Å². The van der Waals surface area contributed by atoms with Gasteiger partial charge in [0, 0.05) is 26.2 Å². The van der Waals surface area contributed by atoms with E-state index in [4.69, 9.17) is 0 Å². The van der Waals surface area contributed by atoms with Gasteiger partial charge in [0.05, 0.1) is 11.7 Å². The van der Waals surface area contributed by atoms with Crippen molar-refractivity contribution in [1.82, 2.24) is 14.9 Å². The van der Waals surface area contributed by atoms with Crippen LogP contribution in [0.15, 0.2) is 0 Å². The van der Waals surface area contributed by atoms with Crippen LogP contribution in [0.2, 0.25) is 0 Å². The van der Waals surface area contributed by atoms with Gasteiger partial charge in [-0.3, -0.25) is 4.79 Å². The molecule has 2 rings (SSSR count). The van der Waals surface area contributed by atoms with Crippen molar-refractivity contribution in [3.63, 3.8) is 0 Å². The molecule has 0 bridgehead atoms. The van der Waals surface area contributed by atoms with Crippen molar-refractivity contribution >= 4 is 15.9 Å². The number of hydrogen-bond acceptors (Lipinski definition) is 4. The molecule has 0 saturated carbocycles. The van der Waals surface area contributed by atoms with Crippen LogP contribution in [0.25, 0.3) is 0 Å². The fourth-order valence-electron chi connectivity index (χ4n) is 2.62. The Morgan fingerprint density at radius 2 is 2.00 bits per heavy atom. The third-order valence-corrected chi connectivity index (χ3v) is 5.66. The number of amides is 1. The molecule has 0 aliphatic carbocycles. The number of nitrogens with zero attached hydrogens (tertiary/aromatic N) is 1. The Kier molecular flexibility index (Phi) is 5.18. The minimum atomic E-state index is -3.18. The van der Waals surface area contributed by atoms with E-state index >= 15 is 0 Å². The van der Waals surface area contributed by atoms with Gasteiger partial charge in [0.25, 0.3) is 0 Å². The van der Waals surface area contributed by atoms with Crippen molar-refractivity contribution in [2.24, 2.45) is 5.92 Å². The summed E-state index contributed by atoms with van der Waals surface area (Å²) < 4.78 is 25.4. The average Bonchev–Trinajstić information content (AvgIpc) is 2.94. The Bertz CT molecular complexity index is 398. The Balaban J connectivity index is 1.71. The van der Waals surface area contributed by atoms with E-state index in [2.05, 4.69) is 10.6 Å². The lowest BCUT2D eigenvalue weighted by molar-refractivity contribution is -0.125. The summed E-state index contributed by atoms with van der Waals surface area (Å²) in [5.74, 6) is -0.0223. The maximum absolute atomic E-state index is 12.0. The van der Waals surface area contributed by atoms with Gasteiger partial charge in [-0.05, 0) is 32.2 Å². The summed E-state index contributed by atoms with van der Waals surface area (Å²) in [6.07, 6.45) is 3.78. The second kappa shape index (κ2) is 6.67. The summed E-state index contributed by atoms with van der Waals surface area (Å²) in [5, 5.41) is 5.93. The van der Waals surface area contributed by atoms with E-state index in [9.17, 15) is 13.2 Å². The third kappa shape index (κ3) is 4.15. The van der Waals surface area contributed by atoms with Crippen LogP contribution in [0.5, 0.6) is 0 Å². The van der Waals surface area contributed by atoms with Crippen LogP contribution in [-0.4, -0.2) is 57.1 Å². The van der Waals surface area contributed by atoms with Gasteiger partial charge in [-0.1, -0.05) is 0 Å². The van der Waals surface area contributed by atoms with Crippen molar-refractivity contribution in [1.29, 1.82) is 0 Å². The highest BCUT2D eigenvalue weighted by Crippen LogP contribution is 2.13. The predicted molar refractivity (Wildman–Crippen MR) is 73.2 cm³/mol. The molecule has 2 aliphatic rings. The van der Waals surface area contributed by atoms with Crippen molar-refractivity contribution in [3.8, 4) is 0 Å². The van der Waals surface area contributed by atoms with Gasteiger partial charge in [0.2, 0.25) is 15.9 Å². The van der Waals surface area contributed by atoms with Gasteiger partial charge in [-0.25, -0.2) is 12.7 Å². The largest absolute Gasteiger partial charge is 0.355 e. The Hall–Kier alpha value is -0.660. The predicted octanol–water partition coefficient (Wildman–Crippen LogP) is -0.472. The highest BCUT2D eigenvalue weighted by molar-refractivity contribution is 7.89. The van der Waals surface area contributed by atoms with Gasteiger partial charge < -0.3 is 10.6 Å². The standard InChI is InChI=1S/C12H23N3O3S/c16-12(11-4-3-5-13-10-11)14-6-9-19(17,18)15-7-1-2-8-15/h11,13H,1-10H2,(H,14,16)/t11-/m0/s1. The first-order valence-electron chi connectivity index (χ1n) is 7.06. The molecule has 0 aromatic rings. The number of carbonyl (C=O) groups is 1. The number of carbonyl (C=O) groups excluding carboxylic acids is 1. The van der Waals surface area contributed by atoms with Gasteiger partial charge in [0.15, 0.2) is 0 Å².